The van der Waals surface area contributed by atoms with E-state index in [2.05, 4.69) is 15.6 Å². The maximum absolute atomic E-state index is 12.0. The molecule has 130 valence electrons. The van der Waals surface area contributed by atoms with Crippen LogP contribution in [-0.2, 0) is 0 Å². The van der Waals surface area contributed by atoms with Crippen LogP contribution >= 0.6 is 0 Å². The van der Waals surface area contributed by atoms with Crippen LogP contribution in [0.3, 0.4) is 0 Å². The van der Waals surface area contributed by atoms with Crippen molar-refractivity contribution < 1.29 is 14.5 Å². The van der Waals surface area contributed by atoms with Gasteiger partial charge in [0.2, 0.25) is 0 Å². The van der Waals surface area contributed by atoms with Gasteiger partial charge in [-0.3, -0.25) is 24.7 Å². The monoisotopic (exact) mass is 342 g/mol. The summed E-state index contributed by atoms with van der Waals surface area (Å²) in [7, 11) is 0. The Morgan fingerprint density at radius 1 is 1.04 bits per heavy atom. The molecule has 2 rings (SSSR count). The zero-order valence-corrected chi connectivity index (χ0v) is 13.9. The molecular formula is C17H18N4O4. The first-order chi connectivity index (χ1) is 11.9. The zero-order valence-electron chi connectivity index (χ0n) is 13.9. The molecule has 0 unspecified atom stereocenters. The highest BCUT2D eigenvalue weighted by Crippen LogP contribution is 2.19. The predicted molar refractivity (Wildman–Crippen MR) is 91.5 cm³/mol. The Bertz CT molecular complexity index is 803. The average molecular weight is 342 g/mol. The Labute approximate surface area is 144 Å². The van der Waals surface area contributed by atoms with Gasteiger partial charge in [0.25, 0.3) is 17.5 Å². The maximum atomic E-state index is 12.0. The third-order valence-corrected chi connectivity index (χ3v) is 3.54. The number of aromatic nitrogens is 1. The van der Waals surface area contributed by atoms with E-state index < -0.39 is 10.8 Å². The minimum absolute atomic E-state index is 0.104. The van der Waals surface area contributed by atoms with Crippen molar-refractivity contribution in [3.8, 4) is 0 Å². The summed E-state index contributed by atoms with van der Waals surface area (Å²) in [5.41, 5.74) is 1.83. The number of nitro groups is 1. The number of hydrogen-bond acceptors (Lipinski definition) is 5. The summed E-state index contributed by atoms with van der Waals surface area (Å²) < 4.78 is 0. The second kappa shape index (κ2) is 8.00. The van der Waals surface area contributed by atoms with Crippen LogP contribution in [-0.4, -0.2) is 34.8 Å². The molecule has 0 radical (unpaired) electrons. The number of benzene rings is 1. The Hall–Kier alpha value is -3.29. The lowest BCUT2D eigenvalue weighted by molar-refractivity contribution is -0.385. The first-order valence-corrected chi connectivity index (χ1v) is 7.62. The van der Waals surface area contributed by atoms with E-state index in [1.807, 2.05) is 6.92 Å². The van der Waals surface area contributed by atoms with Crippen LogP contribution in [0.15, 0.2) is 36.5 Å². The quantitative estimate of drug-likeness (QED) is 0.472. The van der Waals surface area contributed by atoms with E-state index in [-0.39, 0.29) is 30.2 Å². The third kappa shape index (κ3) is 4.84. The van der Waals surface area contributed by atoms with E-state index in [0.717, 1.165) is 5.69 Å². The number of aryl methyl sites for hydroxylation is 2. The average Bonchev–Trinajstić information content (AvgIpc) is 2.59. The molecule has 25 heavy (non-hydrogen) atoms. The fourth-order valence-corrected chi connectivity index (χ4v) is 2.11. The fourth-order valence-electron chi connectivity index (χ4n) is 2.11. The highest BCUT2D eigenvalue weighted by molar-refractivity contribution is 5.95. The van der Waals surface area contributed by atoms with Gasteiger partial charge in [-0.25, -0.2) is 0 Å². The number of nitrogens with zero attached hydrogens (tertiary/aromatic N) is 2. The molecule has 0 aliphatic rings. The largest absolute Gasteiger partial charge is 0.350 e. The number of pyridine rings is 1. The smallest absolute Gasteiger partial charge is 0.273 e. The second-order valence-electron chi connectivity index (χ2n) is 5.46. The Morgan fingerprint density at radius 2 is 1.64 bits per heavy atom. The van der Waals surface area contributed by atoms with Gasteiger partial charge in [0.05, 0.1) is 10.5 Å². The number of nitrogens with one attached hydrogen (secondary N) is 2. The van der Waals surface area contributed by atoms with Crippen molar-refractivity contribution in [3.05, 3.63) is 69.0 Å². The molecule has 1 heterocycles. The molecule has 0 aliphatic heterocycles. The molecule has 2 amide bonds. The molecule has 1 aromatic heterocycles. The summed E-state index contributed by atoms with van der Waals surface area (Å²) >= 11 is 0. The SMILES string of the molecule is Cc1ccc(C(=O)NCCNC(=O)c2ccc(C)c([N+](=O)[O-])c2)cn1. The molecule has 8 heteroatoms. The van der Waals surface area contributed by atoms with Crippen LogP contribution in [0.4, 0.5) is 5.69 Å². The molecule has 8 nitrogen and oxygen atoms in total. The molecule has 0 spiro atoms. The van der Waals surface area contributed by atoms with Crippen LogP contribution in [0.1, 0.15) is 32.0 Å². The highest BCUT2D eigenvalue weighted by atomic mass is 16.6. The van der Waals surface area contributed by atoms with Gasteiger partial charge >= 0.3 is 0 Å². The number of carbonyl (C=O) groups excluding carboxylic acids is 2. The van der Waals surface area contributed by atoms with Crippen molar-refractivity contribution in [2.45, 2.75) is 13.8 Å². The molecule has 0 bridgehead atoms. The molecule has 0 aliphatic carbocycles. The van der Waals surface area contributed by atoms with E-state index >= 15 is 0 Å². The van der Waals surface area contributed by atoms with Gasteiger partial charge in [-0.15, -0.1) is 0 Å². The van der Waals surface area contributed by atoms with Gasteiger partial charge in [0.15, 0.2) is 0 Å². The van der Waals surface area contributed by atoms with Crippen molar-refractivity contribution in [2.24, 2.45) is 0 Å². The van der Waals surface area contributed by atoms with E-state index in [1.165, 1.54) is 24.4 Å². The van der Waals surface area contributed by atoms with Gasteiger partial charge in [-0.2, -0.15) is 0 Å². The van der Waals surface area contributed by atoms with Crippen molar-refractivity contribution in [1.82, 2.24) is 15.6 Å². The van der Waals surface area contributed by atoms with Crippen molar-refractivity contribution in [1.29, 1.82) is 0 Å². The Kier molecular flexibility index (Phi) is 5.78. The zero-order chi connectivity index (χ0) is 18.4. The Balaban J connectivity index is 1.84. The number of nitro benzene ring substituents is 1. The molecule has 1 aromatic carbocycles. The van der Waals surface area contributed by atoms with E-state index in [4.69, 9.17) is 0 Å². The minimum atomic E-state index is -0.526. The molecule has 0 saturated carbocycles. The van der Waals surface area contributed by atoms with Crippen LogP contribution < -0.4 is 10.6 Å². The van der Waals surface area contributed by atoms with Gasteiger partial charge in [-0.05, 0) is 32.0 Å². The molecule has 2 N–H and O–H groups in total. The van der Waals surface area contributed by atoms with Crippen LogP contribution in [0, 0.1) is 24.0 Å². The molecule has 0 saturated heterocycles. The van der Waals surface area contributed by atoms with Crippen LogP contribution in [0.25, 0.3) is 0 Å². The third-order valence-electron chi connectivity index (χ3n) is 3.54. The van der Waals surface area contributed by atoms with Gasteiger partial charge in [0, 0.05) is 42.2 Å². The lowest BCUT2D eigenvalue weighted by Gasteiger charge is -2.08. The fraction of sp³-hybridized carbons (Fsp3) is 0.235. The molecule has 0 atom stereocenters. The standard InChI is InChI=1S/C17H18N4O4/c1-11-3-5-13(9-15(11)21(24)25)16(22)18-7-8-19-17(23)14-6-4-12(2)20-10-14/h3-6,9-10H,7-8H2,1-2H3,(H,18,22)(H,19,23). The minimum Gasteiger partial charge on any atom is -0.350 e. The molecule has 0 fully saturated rings. The molecular weight excluding hydrogens is 324 g/mol. The van der Waals surface area contributed by atoms with Crippen LogP contribution in [0.2, 0.25) is 0 Å². The van der Waals surface area contributed by atoms with E-state index in [1.54, 1.807) is 19.1 Å². The summed E-state index contributed by atoms with van der Waals surface area (Å²) in [6.45, 7) is 3.86. The van der Waals surface area contributed by atoms with Crippen molar-refractivity contribution in [3.63, 3.8) is 0 Å². The molecule has 2 aromatic rings. The van der Waals surface area contributed by atoms with Crippen molar-refractivity contribution in [2.75, 3.05) is 13.1 Å². The lowest BCUT2D eigenvalue weighted by atomic mass is 10.1. The van der Waals surface area contributed by atoms with E-state index in [9.17, 15) is 19.7 Å². The number of amides is 2. The number of carbonyl (C=O) groups is 2. The summed E-state index contributed by atoms with van der Waals surface area (Å²) in [6, 6.07) is 7.69. The highest BCUT2D eigenvalue weighted by Gasteiger charge is 2.14. The van der Waals surface area contributed by atoms with Gasteiger partial charge < -0.3 is 10.6 Å². The first-order valence-electron chi connectivity index (χ1n) is 7.62. The Morgan fingerprint density at radius 3 is 2.20 bits per heavy atom. The summed E-state index contributed by atoms with van der Waals surface area (Å²) in [5, 5.41) is 16.2. The number of rotatable bonds is 6. The maximum Gasteiger partial charge on any atom is 0.273 e. The summed E-state index contributed by atoms with van der Waals surface area (Å²) in [4.78, 5) is 38.3. The van der Waals surface area contributed by atoms with Crippen LogP contribution in [0.5, 0.6) is 0 Å². The number of hydrogen-bond donors (Lipinski definition) is 2. The summed E-state index contributed by atoms with van der Waals surface area (Å²) in [5.74, 6) is -0.720. The summed E-state index contributed by atoms with van der Waals surface area (Å²) in [6.07, 6.45) is 1.48. The van der Waals surface area contributed by atoms with E-state index in [0.29, 0.717) is 11.1 Å². The first kappa shape index (κ1) is 18.1. The topological polar surface area (TPSA) is 114 Å². The van der Waals surface area contributed by atoms with Gasteiger partial charge in [0.1, 0.15) is 0 Å². The predicted octanol–water partition coefficient (Wildman–Crippen LogP) is 1.77. The normalized spacial score (nSPS) is 10.2. The second-order valence-corrected chi connectivity index (χ2v) is 5.46. The lowest BCUT2D eigenvalue weighted by Crippen LogP contribution is -2.34. The van der Waals surface area contributed by atoms with Crippen molar-refractivity contribution >= 4 is 17.5 Å². The van der Waals surface area contributed by atoms with Gasteiger partial charge in [-0.1, -0.05) is 6.07 Å².